The van der Waals surface area contributed by atoms with Crippen molar-refractivity contribution in [2.24, 2.45) is 0 Å². The lowest BCUT2D eigenvalue weighted by Gasteiger charge is -2.03. The molecule has 3 aromatic rings. The molecule has 0 saturated carbocycles. The Morgan fingerprint density at radius 2 is 1.68 bits per heavy atom. The van der Waals surface area contributed by atoms with Crippen molar-refractivity contribution >= 4 is 39.7 Å². The number of anilines is 3. The van der Waals surface area contributed by atoms with Gasteiger partial charge in [0, 0.05) is 11.4 Å². The van der Waals surface area contributed by atoms with Crippen molar-refractivity contribution in [1.82, 2.24) is 4.98 Å². The number of hydrogen-bond donors (Lipinski definition) is 3. The summed E-state index contributed by atoms with van der Waals surface area (Å²) in [6, 6.07) is 15.5. The first-order valence-electron chi connectivity index (χ1n) is 7.47. The Balaban J connectivity index is 1.73. The Morgan fingerprint density at radius 3 is 2.32 bits per heavy atom. The number of carboxylic acids is 1. The molecule has 0 aliphatic heterocycles. The second-order valence-corrected chi connectivity index (χ2v) is 6.26. The third-order valence-corrected chi connectivity index (χ3v) is 4.49. The molecule has 1 amide bonds. The van der Waals surface area contributed by atoms with Crippen LogP contribution in [0.1, 0.15) is 25.7 Å². The first-order valence-corrected chi connectivity index (χ1v) is 8.29. The SMILES string of the molecule is Cc1nc(Nc2ccc(C(=O)O)cc2)sc1C(=O)Nc1ccccc1. The second-order valence-electron chi connectivity index (χ2n) is 5.26. The first kappa shape index (κ1) is 16.7. The summed E-state index contributed by atoms with van der Waals surface area (Å²) < 4.78 is 0. The molecule has 1 aromatic heterocycles. The molecule has 25 heavy (non-hydrogen) atoms. The number of amides is 1. The van der Waals surface area contributed by atoms with Crippen LogP contribution in [0.5, 0.6) is 0 Å². The van der Waals surface area contributed by atoms with Crippen molar-refractivity contribution < 1.29 is 14.7 Å². The van der Waals surface area contributed by atoms with Gasteiger partial charge < -0.3 is 15.7 Å². The molecule has 0 fully saturated rings. The number of carbonyl (C=O) groups is 2. The number of carboxylic acid groups (broad SMARTS) is 1. The molecule has 0 radical (unpaired) electrons. The largest absolute Gasteiger partial charge is 0.478 e. The van der Waals surface area contributed by atoms with Gasteiger partial charge in [-0.2, -0.15) is 0 Å². The summed E-state index contributed by atoms with van der Waals surface area (Å²) in [7, 11) is 0. The summed E-state index contributed by atoms with van der Waals surface area (Å²) in [5.41, 5.74) is 2.26. The van der Waals surface area contributed by atoms with Crippen molar-refractivity contribution in [2.45, 2.75) is 6.92 Å². The zero-order chi connectivity index (χ0) is 17.8. The highest BCUT2D eigenvalue weighted by Gasteiger charge is 2.15. The second kappa shape index (κ2) is 7.14. The predicted molar refractivity (Wildman–Crippen MR) is 97.9 cm³/mol. The van der Waals surface area contributed by atoms with Gasteiger partial charge in [-0.25, -0.2) is 9.78 Å². The van der Waals surface area contributed by atoms with E-state index in [0.717, 1.165) is 5.69 Å². The fourth-order valence-corrected chi connectivity index (χ4v) is 3.07. The van der Waals surface area contributed by atoms with Crippen LogP contribution in [0.25, 0.3) is 0 Å². The highest BCUT2D eigenvalue weighted by atomic mass is 32.1. The summed E-state index contributed by atoms with van der Waals surface area (Å²) >= 11 is 1.24. The number of hydrogen-bond acceptors (Lipinski definition) is 5. The van der Waals surface area contributed by atoms with Crippen LogP contribution in [0.2, 0.25) is 0 Å². The number of thiazole rings is 1. The molecule has 6 nitrogen and oxygen atoms in total. The fourth-order valence-electron chi connectivity index (χ4n) is 2.19. The lowest BCUT2D eigenvalue weighted by Crippen LogP contribution is -2.11. The maximum Gasteiger partial charge on any atom is 0.335 e. The zero-order valence-corrected chi connectivity index (χ0v) is 14.1. The molecule has 2 aromatic carbocycles. The van der Waals surface area contributed by atoms with Gasteiger partial charge in [0.2, 0.25) is 0 Å². The Hall–Kier alpha value is -3.19. The van der Waals surface area contributed by atoms with E-state index in [1.165, 1.54) is 23.5 Å². The molecule has 3 N–H and O–H groups in total. The van der Waals surface area contributed by atoms with Crippen LogP contribution < -0.4 is 10.6 Å². The van der Waals surface area contributed by atoms with Crippen LogP contribution in [0.15, 0.2) is 54.6 Å². The van der Waals surface area contributed by atoms with Gasteiger partial charge in [0.05, 0.1) is 11.3 Å². The normalized spacial score (nSPS) is 10.3. The molecule has 7 heteroatoms. The van der Waals surface area contributed by atoms with Gasteiger partial charge in [0.15, 0.2) is 5.13 Å². The van der Waals surface area contributed by atoms with Gasteiger partial charge in [-0.1, -0.05) is 29.5 Å². The van der Waals surface area contributed by atoms with E-state index in [-0.39, 0.29) is 11.5 Å². The van der Waals surface area contributed by atoms with Crippen molar-refractivity contribution in [3.8, 4) is 0 Å². The van der Waals surface area contributed by atoms with Gasteiger partial charge in [-0.3, -0.25) is 4.79 Å². The molecule has 0 atom stereocenters. The topological polar surface area (TPSA) is 91.3 Å². The molecular formula is C18H15N3O3S. The van der Waals surface area contributed by atoms with Gasteiger partial charge in [-0.15, -0.1) is 0 Å². The summed E-state index contributed by atoms with van der Waals surface area (Å²) in [6.45, 7) is 1.77. The van der Waals surface area contributed by atoms with E-state index in [0.29, 0.717) is 21.4 Å². The van der Waals surface area contributed by atoms with Crippen LogP contribution in [-0.4, -0.2) is 22.0 Å². The monoisotopic (exact) mass is 353 g/mol. The quantitative estimate of drug-likeness (QED) is 0.641. The van der Waals surface area contributed by atoms with Crippen LogP contribution in [0.4, 0.5) is 16.5 Å². The minimum Gasteiger partial charge on any atom is -0.478 e. The summed E-state index contributed by atoms with van der Waals surface area (Å²) in [5, 5.41) is 15.4. The standard InChI is InChI=1S/C18H15N3O3S/c1-11-15(16(22)20-13-5-3-2-4-6-13)25-18(19-11)21-14-9-7-12(8-10-14)17(23)24/h2-10H,1H3,(H,19,21)(H,20,22)(H,23,24). The third-order valence-electron chi connectivity index (χ3n) is 3.42. The third kappa shape index (κ3) is 4.02. The summed E-state index contributed by atoms with van der Waals surface area (Å²) in [4.78, 5) is 28.1. The van der Waals surface area contributed by atoms with Crippen molar-refractivity contribution in [3.05, 3.63) is 70.7 Å². The van der Waals surface area contributed by atoms with E-state index in [1.807, 2.05) is 30.3 Å². The molecule has 0 aliphatic carbocycles. The van der Waals surface area contributed by atoms with Crippen LogP contribution in [0, 0.1) is 6.92 Å². The Bertz CT molecular complexity index is 905. The van der Waals surface area contributed by atoms with Gasteiger partial charge in [0.25, 0.3) is 5.91 Å². The average Bonchev–Trinajstić information content (AvgIpc) is 2.96. The van der Waals surface area contributed by atoms with Gasteiger partial charge in [0.1, 0.15) is 4.88 Å². The maximum absolute atomic E-state index is 12.4. The molecule has 126 valence electrons. The molecule has 3 rings (SSSR count). The van der Waals surface area contributed by atoms with E-state index in [1.54, 1.807) is 19.1 Å². The lowest BCUT2D eigenvalue weighted by molar-refractivity contribution is 0.0696. The minimum absolute atomic E-state index is 0.212. The van der Waals surface area contributed by atoms with Crippen molar-refractivity contribution in [3.63, 3.8) is 0 Å². The number of rotatable bonds is 5. The number of nitrogens with zero attached hydrogens (tertiary/aromatic N) is 1. The smallest absolute Gasteiger partial charge is 0.335 e. The molecule has 0 spiro atoms. The molecule has 0 aliphatic rings. The number of para-hydroxylation sites is 1. The predicted octanol–water partition coefficient (Wildman–Crippen LogP) is 4.15. The summed E-state index contributed by atoms with van der Waals surface area (Å²) in [6.07, 6.45) is 0. The number of aromatic carboxylic acids is 1. The van der Waals surface area contributed by atoms with Crippen LogP contribution in [0.3, 0.4) is 0 Å². The number of aromatic nitrogens is 1. The van der Waals surface area contributed by atoms with E-state index >= 15 is 0 Å². The van der Waals surface area contributed by atoms with Crippen LogP contribution >= 0.6 is 11.3 Å². The molecule has 0 bridgehead atoms. The number of aryl methyl sites for hydroxylation is 1. The Morgan fingerprint density at radius 1 is 1.00 bits per heavy atom. The number of nitrogens with one attached hydrogen (secondary N) is 2. The van der Waals surface area contributed by atoms with E-state index in [9.17, 15) is 9.59 Å². The van der Waals surface area contributed by atoms with Gasteiger partial charge in [-0.05, 0) is 43.3 Å². The number of benzene rings is 2. The molecule has 0 unspecified atom stereocenters. The Kier molecular flexibility index (Phi) is 4.76. The van der Waals surface area contributed by atoms with E-state index < -0.39 is 5.97 Å². The minimum atomic E-state index is -0.975. The molecule has 1 heterocycles. The lowest BCUT2D eigenvalue weighted by atomic mass is 10.2. The number of carbonyl (C=O) groups excluding carboxylic acids is 1. The van der Waals surface area contributed by atoms with Gasteiger partial charge >= 0.3 is 5.97 Å². The zero-order valence-electron chi connectivity index (χ0n) is 13.3. The average molecular weight is 353 g/mol. The molecule has 0 saturated heterocycles. The molecular weight excluding hydrogens is 338 g/mol. The first-order chi connectivity index (χ1) is 12.0. The van der Waals surface area contributed by atoms with Crippen molar-refractivity contribution in [1.29, 1.82) is 0 Å². The highest BCUT2D eigenvalue weighted by molar-refractivity contribution is 7.17. The van der Waals surface area contributed by atoms with E-state index in [2.05, 4.69) is 15.6 Å². The highest BCUT2D eigenvalue weighted by Crippen LogP contribution is 2.26. The van der Waals surface area contributed by atoms with E-state index in [4.69, 9.17) is 5.11 Å². The van der Waals surface area contributed by atoms with Crippen molar-refractivity contribution in [2.75, 3.05) is 10.6 Å². The van der Waals surface area contributed by atoms with Crippen LogP contribution in [-0.2, 0) is 0 Å². The Labute approximate surface area is 148 Å². The summed E-state index contributed by atoms with van der Waals surface area (Å²) in [5.74, 6) is -1.19. The maximum atomic E-state index is 12.4. The fraction of sp³-hybridized carbons (Fsp3) is 0.0556.